The van der Waals surface area contributed by atoms with Gasteiger partial charge in [-0.15, -0.1) is 0 Å². The average molecular weight is 233 g/mol. The topological polar surface area (TPSA) is 63.3 Å². The molecule has 0 fully saturated rings. The molecule has 0 saturated heterocycles. The Morgan fingerprint density at radius 3 is 2.65 bits per heavy atom. The zero-order chi connectivity index (χ0) is 12.5. The summed E-state index contributed by atoms with van der Waals surface area (Å²) < 4.78 is 0. The van der Waals surface area contributed by atoms with E-state index in [0.717, 1.165) is 12.0 Å². The van der Waals surface area contributed by atoms with Crippen LogP contribution in [0, 0.1) is 5.92 Å². The molecule has 1 unspecified atom stereocenters. The number of nitrogens with two attached hydrogens (primary N) is 1. The van der Waals surface area contributed by atoms with Crippen molar-refractivity contribution in [2.45, 2.75) is 19.3 Å². The minimum atomic E-state index is -0.740. The first-order chi connectivity index (χ1) is 8.24. The van der Waals surface area contributed by atoms with Crippen molar-refractivity contribution in [1.29, 1.82) is 0 Å². The lowest BCUT2D eigenvalue weighted by Gasteiger charge is -2.08. The summed E-state index contributed by atoms with van der Waals surface area (Å²) in [6.07, 6.45) is 5.84. The Morgan fingerprint density at radius 1 is 1.35 bits per heavy atom. The number of benzene rings is 1. The molecular weight excluding hydrogens is 214 g/mol. The van der Waals surface area contributed by atoms with Gasteiger partial charge in [-0.1, -0.05) is 42.5 Å². The van der Waals surface area contributed by atoms with Crippen molar-refractivity contribution >= 4 is 12.0 Å². The van der Waals surface area contributed by atoms with Crippen LogP contribution in [0.4, 0.5) is 0 Å². The van der Waals surface area contributed by atoms with Gasteiger partial charge in [0.05, 0.1) is 5.92 Å². The number of carbonyl (C=O) groups is 1. The third-order valence-electron chi connectivity index (χ3n) is 2.64. The Kier molecular flexibility index (Phi) is 6.04. The number of allylic oxidation sites excluding steroid dienone is 1. The average Bonchev–Trinajstić information content (AvgIpc) is 2.34. The third kappa shape index (κ3) is 5.31. The van der Waals surface area contributed by atoms with E-state index in [0.29, 0.717) is 19.4 Å². The summed E-state index contributed by atoms with van der Waals surface area (Å²) in [6, 6.07) is 9.86. The molecule has 17 heavy (non-hydrogen) atoms. The lowest BCUT2D eigenvalue weighted by Crippen LogP contribution is -2.14. The van der Waals surface area contributed by atoms with Crippen LogP contribution in [0.1, 0.15) is 24.8 Å². The van der Waals surface area contributed by atoms with Crippen molar-refractivity contribution in [3.05, 3.63) is 42.0 Å². The number of rotatable bonds is 7. The summed E-state index contributed by atoms with van der Waals surface area (Å²) >= 11 is 0. The third-order valence-corrected chi connectivity index (χ3v) is 2.64. The van der Waals surface area contributed by atoms with Gasteiger partial charge in [0.1, 0.15) is 0 Å². The van der Waals surface area contributed by atoms with Crippen LogP contribution in [-0.4, -0.2) is 17.6 Å². The van der Waals surface area contributed by atoms with Crippen molar-refractivity contribution in [2.24, 2.45) is 11.7 Å². The van der Waals surface area contributed by atoms with Crippen molar-refractivity contribution < 1.29 is 9.90 Å². The quantitative estimate of drug-likeness (QED) is 0.760. The number of hydrogen-bond donors (Lipinski definition) is 2. The van der Waals surface area contributed by atoms with E-state index in [2.05, 4.69) is 0 Å². The van der Waals surface area contributed by atoms with Gasteiger partial charge in [0.2, 0.25) is 0 Å². The van der Waals surface area contributed by atoms with Gasteiger partial charge in [-0.05, 0) is 31.4 Å². The lowest BCUT2D eigenvalue weighted by molar-refractivity contribution is -0.141. The van der Waals surface area contributed by atoms with E-state index in [-0.39, 0.29) is 5.92 Å². The highest BCUT2D eigenvalue weighted by Crippen LogP contribution is 2.13. The Bertz CT molecular complexity index is 360. The minimum Gasteiger partial charge on any atom is -0.481 e. The Hall–Kier alpha value is -1.61. The van der Waals surface area contributed by atoms with E-state index in [1.807, 2.05) is 42.5 Å². The van der Waals surface area contributed by atoms with Crippen LogP contribution in [0.2, 0.25) is 0 Å². The first-order valence-electron chi connectivity index (χ1n) is 5.88. The number of carboxylic acids is 1. The van der Waals surface area contributed by atoms with E-state index < -0.39 is 5.97 Å². The highest BCUT2D eigenvalue weighted by Gasteiger charge is 2.14. The largest absolute Gasteiger partial charge is 0.481 e. The first kappa shape index (κ1) is 13.5. The van der Waals surface area contributed by atoms with Crippen molar-refractivity contribution in [3.63, 3.8) is 0 Å². The van der Waals surface area contributed by atoms with E-state index in [4.69, 9.17) is 10.8 Å². The van der Waals surface area contributed by atoms with Gasteiger partial charge in [0, 0.05) is 0 Å². The molecule has 1 atom stereocenters. The maximum Gasteiger partial charge on any atom is 0.306 e. The molecule has 0 aliphatic carbocycles. The first-order valence-corrected chi connectivity index (χ1v) is 5.88. The van der Waals surface area contributed by atoms with Gasteiger partial charge in [-0.2, -0.15) is 0 Å². The molecule has 1 aromatic rings. The predicted molar refractivity (Wildman–Crippen MR) is 69.5 cm³/mol. The van der Waals surface area contributed by atoms with E-state index >= 15 is 0 Å². The maximum atomic E-state index is 11.0. The van der Waals surface area contributed by atoms with E-state index in [1.165, 1.54) is 0 Å². The number of carboxylic acid groups (broad SMARTS) is 1. The monoisotopic (exact) mass is 233 g/mol. The molecule has 1 aromatic carbocycles. The zero-order valence-corrected chi connectivity index (χ0v) is 9.88. The van der Waals surface area contributed by atoms with Crippen LogP contribution < -0.4 is 5.73 Å². The second kappa shape index (κ2) is 7.63. The number of aliphatic carboxylic acids is 1. The summed E-state index contributed by atoms with van der Waals surface area (Å²) in [7, 11) is 0. The van der Waals surface area contributed by atoms with Crippen LogP contribution in [0.3, 0.4) is 0 Å². The highest BCUT2D eigenvalue weighted by molar-refractivity contribution is 5.70. The maximum absolute atomic E-state index is 11.0. The normalized spacial score (nSPS) is 12.8. The molecular formula is C14H19NO2. The fourth-order valence-corrected chi connectivity index (χ4v) is 1.64. The standard InChI is InChI=1S/C14H19NO2/c15-11-5-10-13(14(16)17)9-4-8-12-6-2-1-3-7-12/h1-4,6-8,13H,5,9-11,15H2,(H,16,17)/b8-4+. The fourth-order valence-electron chi connectivity index (χ4n) is 1.64. The highest BCUT2D eigenvalue weighted by atomic mass is 16.4. The molecule has 1 rings (SSSR count). The van der Waals surface area contributed by atoms with Gasteiger partial charge in [-0.3, -0.25) is 4.79 Å². The SMILES string of the molecule is NCCCC(C/C=C/c1ccccc1)C(=O)O. The molecule has 3 nitrogen and oxygen atoms in total. The van der Waals surface area contributed by atoms with Crippen LogP contribution in [0.5, 0.6) is 0 Å². The summed E-state index contributed by atoms with van der Waals surface area (Å²) in [5.74, 6) is -1.06. The van der Waals surface area contributed by atoms with Gasteiger partial charge in [0.15, 0.2) is 0 Å². The second-order valence-electron chi connectivity index (χ2n) is 4.01. The molecule has 0 heterocycles. The second-order valence-corrected chi connectivity index (χ2v) is 4.01. The zero-order valence-electron chi connectivity index (χ0n) is 9.88. The Morgan fingerprint density at radius 2 is 2.06 bits per heavy atom. The van der Waals surface area contributed by atoms with Gasteiger partial charge in [0.25, 0.3) is 0 Å². The van der Waals surface area contributed by atoms with Crippen molar-refractivity contribution in [1.82, 2.24) is 0 Å². The molecule has 0 bridgehead atoms. The number of hydrogen-bond acceptors (Lipinski definition) is 2. The van der Waals surface area contributed by atoms with Crippen LogP contribution in [-0.2, 0) is 4.79 Å². The smallest absolute Gasteiger partial charge is 0.306 e. The predicted octanol–water partition coefficient (Wildman–Crippen LogP) is 2.53. The van der Waals surface area contributed by atoms with Gasteiger partial charge in [-0.25, -0.2) is 0 Å². The van der Waals surface area contributed by atoms with Gasteiger partial charge < -0.3 is 10.8 Å². The molecule has 3 heteroatoms. The molecule has 0 spiro atoms. The lowest BCUT2D eigenvalue weighted by atomic mass is 9.99. The molecule has 0 aliphatic rings. The molecule has 0 amide bonds. The minimum absolute atomic E-state index is 0.321. The van der Waals surface area contributed by atoms with Crippen molar-refractivity contribution in [3.8, 4) is 0 Å². The Labute approximate surface area is 102 Å². The van der Waals surface area contributed by atoms with E-state index in [9.17, 15) is 4.79 Å². The van der Waals surface area contributed by atoms with Crippen LogP contribution in [0.15, 0.2) is 36.4 Å². The molecule has 0 aliphatic heterocycles. The molecule has 92 valence electrons. The summed E-state index contributed by atoms with van der Waals surface area (Å²) in [4.78, 5) is 11.0. The fraction of sp³-hybridized carbons (Fsp3) is 0.357. The summed E-state index contributed by atoms with van der Waals surface area (Å²) in [5, 5.41) is 9.02. The van der Waals surface area contributed by atoms with Crippen molar-refractivity contribution in [2.75, 3.05) is 6.54 Å². The van der Waals surface area contributed by atoms with E-state index in [1.54, 1.807) is 0 Å². The molecule has 0 saturated carbocycles. The van der Waals surface area contributed by atoms with Crippen LogP contribution >= 0.6 is 0 Å². The summed E-state index contributed by atoms with van der Waals surface area (Å²) in [6.45, 7) is 0.548. The van der Waals surface area contributed by atoms with Crippen LogP contribution in [0.25, 0.3) is 6.08 Å². The molecule has 0 aromatic heterocycles. The van der Waals surface area contributed by atoms with Gasteiger partial charge >= 0.3 is 5.97 Å². The Balaban J connectivity index is 2.46. The molecule has 3 N–H and O–H groups in total. The summed E-state index contributed by atoms with van der Waals surface area (Å²) in [5.41, 5.74) is 6.48. The molecule has 0 radical (unpaired) electrons.